The maximum atomic E-state index is 10.1. The van der Waals surface area contributed by atoms with Crippen LogP contribution in [0, 0.1) is 10.1 Å². The van der Waals surface area contributed by atoms with E-state index in [1.807, 2.05) is 18.2 Å². The van der Waals surface area contributed by atoms with E-state index in [2.05, 4.69) is 4.98 Å². The molecule has 0 saturated carbocycles. The van der Waals surface area contributed by atoms with Gasteiger partial charge in [-0.25, -0.2) is 4.98 Å². The molecule has 2 heterocycles. The van der Waals surface area contributed by atoms with Crippen molar-refractivity contribution in [3.05, 3.63) is 45.6 Å². The smallest absolute Gasteiger partial charge is 0.235 e. The Hall–Kier alpha value is -1.75. The van der Waals surface area contributed by atoms with E-state index in [4.69, 9.17) is 0 Å². The van der Waals surface area contributed by atoms with Crippen molar-refractivity contribution >= 4 is 27.6 Å². The summed E-state index contributed by atoms with van der Waals surface area (Å²) in [6.45, 7) is 0. The lowest BCUT2D eigenvalue weighted by molar-refractivity contribution is -0.400. The molecule has 4 nitrogen and oxygen atoms in total. The Bertz CT molecular complexity index is 471. The van der Waals surface area contributed by atoms with Gasteiger partial charge in [0.15, 0.2) is 0 Å². The average Bonchev–Trinajstić information content (AvgIpc) is 2.57. The predicted octanol–water partition coefficient (Wildman–Crippen LogP) is 2.54. The van der Waals surface area contributed by atoms with Crippen LogP contribution in [0.2, 0.25) is 0 Å². The lowest BCUT2D eigenvalue weighted by Crippen LogP contribution is -1.80. The molecule has 2 aromatic heterocycles. The second-order valence-electron chi connectivity index (χ2n) is 2.65. The topological polar surface area (TPSA) is 56.0 Å². The SMILES string of the molecule is O=[N+]([O-])/C=C/c1cc2cccnc2s1. The Morgan fingerprint density at radius 3 is 3.14 bits per heavy atom. The molecule has 0 amide bonds. The molecular weight excluding hydrogens is 200 g/mol. The number of fused-ring (bicyclic) bond motifs is 1. The maximum absolute atomic E-state index is 10.1. The number of rotatable bonds is 2. The fourth-order valence-electron chi connectivity index (χ4n) is 1.11. The molecule has 2 aromatic rings. The minimum absolute atomic E-state index is 0.474. The minimum Gasteiger partial charge on any atom is -0.259 e. The number of nitro groups is 1. The highest BCUT2D eigenvalue weighted by molar-refractivity contribution is 7.19. The second-order valence-corrected chi connectivity index (χ2v) is 3.71. The zero-order valence-electron chi connectivity index (χ0n) is 7.08. The minimum atomic E-state index is -0.474. The Morgan fingerprint density at radius 1 is 1.57 bits per heavy atom. The van der Waals surface area contributed by atoms with Gasteiger partial charge in [0.2, 0.25) is 6.20 Å². The van der Waals surface area contributed by atoms with E-state index in [1.165, 1.54) is 17.4 Å². The van der Waals surface area contributed by atoms with Gasteiger partial charge in [-0.15, -0.1) is 11.3 Å². The van der Waals surface area contributed by atoms with Gasteiger partial charge >= 0.3 is 0 Å². The van der Waals surface area contributed by atoms with Gasteiger partial charge in [0.1, 0.15) is 4.83 Å². The third kappa shape index (κ3) is 1.77. The number of nitrogens with zero attached hydrogens (tertiary/aromatic N) is 2. The summed E-state index contributed by atoms with van der Waals surface area (Å²) in [5.41, 5.74) is 0. The first-order valence-electron chi connectivity index (χ1n) is 3.92. The molecule has 0 aliphatic carbocycles. The Kier molecular flexibility index (Phi) is 2.24. The summed E-state index contributed by atoms with van der Waals surface area (Å²) in [6, 6.07) is 5.66. The molecule has 14 heavy (non-hydrogen) atoms. The van der Waals surface area contributed by atoms with Crippen molar-refractivity contribution in [3.63, 3.8) is 0 Å². The number of pyridine rings is 1. The van der Waals surface area contributed by atoms with Crippen LogP contribution in [0.5, 0.6) is 0 Å². The van der Waals surface area contributed by atoms with Crippen molar-refractivity contribution in [2.45, 2.75) is 0 Å². The van der Waals surface area contributed by atoms with Crippen molar-refractivity contribution in [3.8, 4) is 0 Å². The van der Waals surface area contributed by atoms with E-state index >= 15 is 0 Å². The van der Waals surface area contributed by atoms with Crippen LogP contribution in [0.25, 0.3) is 16.3 Å². The van der Waals surface area contributed by atoms with Crippen LogP contribution in [0.1, 0.15) is 4.88 Å². The zero-order chi connectivity index (χ0) is 9.97. The molecule has 70 valence electrons. The number of thiophene rings is 1. The van der Waals surface area contributed by atoms with Crippen LogP contribution in [-0.2, 0) is 0 Å². The zero-order valence-corrected chi connectivity index (χ0v) is 7.90. The van der Waals surface area contributed by atoms with Gasteiger partial charge < -0.3 is 0 Å². The van der Waals surface area contributed by atoms with Crippen LogP contribution < -0.4 is 0 Å². The van der Waals surface area contributed by atoms with Gasteiger partial charge in [-0.2, -0.15) is 0 Å². The highest BCUT2D eigenvalue weighted by atomic mass is 32.1. The molecule has 0 aliphatic heterocycles. The molecule has 2 rings (SSSR count). The molecule has 0 spiro atoms. The molecule has 0 fully saturated rings. The van der Waals surface area contributed by atoms with E-state index < -0.39 is 4.92 Å². The lowest BCUT2D eigenvalue weighted by atomic mass is 10.3. The maximum Gasteiger partial charge on any atom is 0.235 e. The number of aromatic nitrogens is 1. The third-order valence-corrected chi connectivity index (χ3v) is 2.70. The van der Waals surface area contributed by atoms with Gasteiger partial charge in [0.25, 0.3) is 0 Å². The van der Waals surface area contributed by atoms with Crippen molar-refractivity contribution < 1.29 is 4.92 Å². The summed E-state index contributed by atoms with van der Waals surface area (Å²) in [7, 11) is 0. The van der Waals surface area contributed by atoms with E-state index in [0.29, 0.717) is 0 Å². The summed E-state index contributed by atoms with van der Waals surface area (Å²) < 4.78 is 0. The second kappa shape index (κ2) is 3.55. The van der Waals surface area contributed by atoms with Crippen molar-refractivity contribution in [2.24, 2.45) is 0 Å². The highest BCUT2D eigenvalue weighted by Gasteiger charge is 1.99. The quantitative estimate of drug-likeness (QED) is 0.560. The monoisotopic (exact) mass is 206 g/mol. The first-order valence-corrected chi connectivity index (χ1v) is 4.73. The summed E-state index contributed by atoms with van der Waals surface area (Å²) in [4.78, 5) is 15.5. The van der Waals surface area contributed by atoms with E-state index in [0.717, 1.165) is 21.3 Å². The number of hydrogen-bond acceptors (Lipinski definition) is 4. The van der Waals surface area contributed by atoms with Gasteiger partial charge in [0, 0.05) is 22.5 Å². The van der Waals surface area contributed by atoms with Crippen molar-refractivity contribution in [1.29, 1.82) is 0 Å². The molecule has 0 N–H and O–H groups in total. The molecule has 5 heteroatoms. The predicted molar refractivity (Wildman–Crippen MR) is 55.6 cm³/mol. The lowest BCUT2D eigenvalue weighted by Gasteiger charge is -1.81. The fraction of sp³-hybridized carbons (Fsp3) is 0. The molecule has 0 unspecified atom stereocenters. The fourth-order valence-corrected chi connectivity index (χ4v) is 2.01. The molecule has 0 atom stereocenters. The van der Waals surface area contributed by atoms with Crippen LogP contribution in [0.4, 0.5) is 0 Å². The van der Waals surface area contributed by atoms with Crippen molar-refractivity contribution in [1.82, 2.24) is 4.98 Å². The molecule has 0 aliphatic rings. The Morgan fingerprint density at radius 2 is 2.43 bits per heavy atom. The van der Waals surface area contributed by atoms with Gasteiger partial charge in [-0.1, -0.05) is 6.07 Å². The Labute approximate surface area is 83.7 Å². The van der Waals surface area contributed by atoms with Crippen LogP contribution in [0.3, 0.4) is 0 Å². The summed E-state index contributed by atoms with van der Waals surface area (Å²) in [6.07, 6.45) is 4.12. The molecule has 0 radical (unpaired) electrons. The van der Waals surface area contributed by atoms with Crippen LogP contribution in [0.15, 0.2) is 30.6 Å². The van der Waals surface area contributed by atoms with Crippen LogP contribution in [-0.4, -0.2) is 9.91 Å². The molecular formula is C9H6N2O2S. The van der Waals surface area contributed by atoms with E-state index in [1.54, 1.807) is 6.20 Å². The first kappa shape index (κ1) is 8.83. The van der Waals surface area contributed by atoms with E-state index in [9.17, 15) is 10.1 Å². The molecule has 0 bridgehead atoms. The third-order valence-electron chi connectivity index (χ3n) is 1.67. The van der Waals surface area contributed by atoms with Gasteiger partial charge in [-0.3, -0.25) is 10.1 Å². The van der Waals surface area contributed by atoms with E-state index in [-0.39, 0.29) is 0 Å². The molecule has 0 aromatic carbocycles. The highest BCUT2D eigenvalue weighted by Crippen LogP contribution is 2.23. The summed E-state index contributed by atoms with van der Waals surface area (Å²) >= 11 is 1.44. The van der Waals surface area contributed by atoms with Crippen LogP contribution >= 0.6 is 11.3 Å². The molecule has 0 saturated heterocycles. The van der Waals surface area contributed by atoms with Crippen molar-refractivity contribution in [2.75, 3.05) is 0 Å². The van der Waals surface area contributed by atoms with Gasteiger partial charge in [0.05, 0.1) is 4.92 Å². The largest absolute Gasteiger partial charge is 0.259 e. The first-order chi connectivity index (χ1) is 6.75. The Balaban J connectivity index is 2.40. The summed E-state index contributed by atoms with van der Waals surface area (Å²) in [5, 5.41) is 11.1. The normalized spacial score (nSPS) is 11.1. The number of hydrogen-bond donors (Lipinski definition) is 0. The average molecular weight is 206 g/mol. The standard InChI is InChI=1S/C9H6N2O2S/c12-11(13)5-3-8-6-7-2-1-4-10-9(7)14-8/h1-6H/b5-3+. The van der Waals surface area contributed by atoms with Gasteiger partial charge in [-0.05, 0) is 12.1 Å². The summed E-state index contributed by atoms with van der Waals surface area (Å²) in [5.74, 6) is 0.